The molecule has 4 rings (SSSR count). The molecule has 2 atom stereocenters. The van der Waals surface area contributed by atoms with Gasteiger partial charge in [-0.1, -0.05) is 31.5 Å². The van der Waals surface area contributed by atoms with Gasteiger partial charge in [0.2, 0.25) is 5.91 Å². The summed E-state index contributed by atoms with van der Waals surface area (Å²) in [7, 11) is 0. The zero-order valence-electron chi connectivity index (χ0n) is 13.3. The molecule has 2 aliphatic rings. The van der Waals surface area contributed by atoms with E-state index in [2.05, 4.69) is 36.2 Å². The number of amides is 1. The highest BCUT2D eigenvalue weighted by molar-refractivity contribution is 8.20. The third-order valence-corrected chi connectivity index (χ3v) is 9.00. The van der Waals surface area contributed by atoms with Gasteiger partial charge in [0.15, 0.2) is 0 Å². The number of benzene rings is 1. The second kappa shape index (κ2) is 5.78. The Bertz CT molecular complexity index is 749. The first-order chi connectivity index (χ1) is 11.2. The van der Waals surface area contributed by atoms with E-state index >= 15 is 0 Å². The molecule has 1 aromatic heterocycles. The van der Waals surface area contributed by atoms with Crippen LogP contribution in [0.4, 0.5) is 0 Å². The van der Waals surface area contributed by atoms with Crippen LogP contribution in [0, 0.1) is 11.8 Å². The van der Waals surface area contributed by atoms with Crippen molar-refractivity contribution in [3.63, 3.8) is 0 Å². The normalized spacial score (nSPS) is 25.8. The van der Waals surface area contributed by atoms with Crippen molar-refractivity contribution in [2.75, 3.05) is 11.5 Å². The summed E-state index contributed by atoms with van der Waals surface area (Å²) in [5, 5.41) is 1.35. The van der Waals surface area contributed by atoms with E-state index in [1.165, 1.54) is 22.2 Å². The molecular weight excluding hydrogens is 324 g/mol. The van der Waals surface area contributed by atoms with Crippen LogP contribution in [0.15, 0.2) is 24.3 Å². The van der Waals surface area contributed by atoms with Gasteiger partial charge >= 0.3 is 0 Å². The van der Waals surface area contributed by atoms with Crippen LogP contribution in [0.25, 0.3) is 10.9 Å². The molecule has 2 heterocycles. The molecule has 2 aromatic rings. The topological polar surface area (TPSA) is 58.9 Å². The summed E-state index contributed by atoms with van der Waals surface area (Å²) < 4.78 is -0.0255. The van der Waals surface area contributed by atoms with Crippen molar-refractivity contribution in [2.24, 2.45) is 17.6 Å². The van der Waals surface area contributed by atoms with Gasteiger partial charge in [-0.3, -0.25) is 4.79 Å². The molecule has 1 aliphatic carbocycles. The lowest BCUT2D eigenvalue weighted by Gasteiger charge is -2.44. The third-order valence-electron chi connectivity index (χ3n) is 5.35. The van der Waals surface area contributed by atoms with E-state index in [0.717, 1.165) is 24.3 Å². The summed E-state index contributed by atoms with van der Waals surface area (Å²) in [6.45, 7) is 2.25. The molecule has 3 N–H and O–H groups in total. The van der Waals surface area contributed by atoms with Gasteiger partial charge in [-0.2, -0.15) is 0 Å². The molecule has 122 valence electrons. The monoisotopic (exact) mass is 346 g/mol. The molecule has 1 spiro atoms. The number of nitrogens with one attached hydrogen (secondary N) is 1. The van der Waals surface area contributed by atoms with Gasteiger partial charge in [0.05, 0.1) is 0 Å². The Balaban J connectivity index is 1.92. The Labute approximate surface area is 145 Å². The van der Waals surface area contributed by atoms with Crippen LogP contribution in [0.2, 0.25) is 0 Å². The summed E-state index contributed by atoms with van der Waals surface area (Å²) in [4.78, 5) is 15.4. The first-order valence-corrected chi connectivity index (χ1v) is 10.3. The van der Waals surface area contributed by atoms with Gasteiger partial charge in [-0.25, -0.2) is 0 Å². The summed E-state index contributed by atoms with van der Waals surface area (Å²) in [6, 6.07) is 8.60. The maximum atomic E-state index is 11.7. The van der Waals surface area contributed by atoms with Crippen molar-refractivity contribution in [3.8, 4) is 0 Å². The molecule has 0 unspecified atom stereocenters. The predicted molar refractivity (Wildman–Crippen MR) is 99.7 cm³/mol. The van der Waals surface area contributed by atoms with Gasteiger partial charge in [0, 0.05) is 40.4 Å². The molecule has 1 saturated heterocycles. The predicted octanol–water partition coefficient (Wildman–Crippen LogP) is 3.87. The van der Waals surface area contributed by atoms with Crippen LogP contribution in [0.3, 0.4) is 0 Å². The SMILES string of the molecule is CC[C@@H]1Cc2c([nH]c3ccccc23)C2(SCCS2)[C@H]1CC(N)=O. The Morgan fingerprint density at radius 3 is 2.78 bits per heavy atom. The van der Waals surface area contributed by atoms with E-state index in [1.54, 1.807) is 0 Å². The highest BCUT2D eigenvalue weighted by Crippen LogP contribution is 2.63. The number of carbonyl (C=O) groups is 1. The Morgan fingerprint density at radius 2 is 2.09 bits per heavy atom. The molecule has 23 heavy (non-hydrogen) atoms. The Morgan fingerprint density at radius 1 is 1.35 bits per heavy atom. The molecule has 1 amide bonds. The molecular formula is C18H22N2OS2. The van der Waals surface area contributed by atoms with E-state index in [9.17, 15) is 4.79 Å². The van der Waals surface area contributed by atoms with E-state index in [0.29, 0.717) is 18.3 Å². The van der Waals surface area contributed by atoms with E-state index in [4.69, 9.17) is 5.73 Å². The standard InChI is InChI=1S/C18H22N2OS2/c1-2-11-9-13-12-5-3-4-6-15(12)20-17(13)18(22-7-8-23-18)14(11)10-16(19)21/h3-6,11,14,20H,2,7-10H2,1H3,(H2,19,21)/t11-,14+/m1/s1. The number of thioether (sulfide) groups is 2. The van der Waals surface area contributed by atoms with Crippen LogP contribution in [0.1, 0.15) is 31.0 Å². The average Bonchev–Trinajstić information content (AvgIpc) is 3.16. The number of aromatic nitrogens is 1. The van der Waals surface area contributed by atoms with Gasteiger partial charge in [-0.05, 0) is 24.0 Å². The Kier molecular flexibility index (Phi) is 3.88. The first-order valence-electron chi connectivity index (χ1n) is 8.32. The molecule has 0 bridgehead atoms. The molecule has 0 radical (unpaired) electrons. The fourth-order valence-corrected chi connectivity index (χ4v) is 8.07. The average molecular weight is 347 g/mol. The van der Waals surface area contributed by atoms with E-state index in [1.807, 2.05) is 23.5 Å². The summed E-state index contributed by atoms with van der Waals surface area (Å²) in [5.74, 6) is 2.96. The lowest BCUT2D eigenvalue weighted by Crippen LogP contribution is -2.41. The van der Waals surface area contributed by atoms with Gasteiger partial charge in [0.25, 0.3) is 0 Å². The number of primary amides is 1. The van der Waals surface area contributed by atoms with Crippen LogP contribution >= 0.6 is 23.5 Å². The minimum Gasteiger partial charge on any atom is -0.370 e. The fourth-order valence-electron chi connectivity index (χ4n) is 4.34. The second-order valence-corrected chi connectivity index (χ2v) is 9.48. The quantitative estimate of drug-likeness (QED) is 0.887. The van der Waals surface area contributed by atoms with Crippen molar-refractivity contribution >= 4 is 40.3 Å². The largest absolute Gasteiger partial charge is 0.370 e. The van der Waals surface area contributed by atoms with Gasteiger partial charge in [-0.15, -0.1) is 23.5 Å². The smallest absolute Gasteiger partial charge is 0.217 e. The lowest BCUT2D eigenvalue weighted by molar-refractivity contribution is -0.119. The number of carbonyl (C=O) groups excluding carboxylic acids is 1. The van der Waals surface area contributed by atoms with Gasteiger partial charge in [0.1, 0.15) is 4.08 Å². The number of H-pyrrole nitrogens is 1. The highest BCUT2D eigenvalue weighted by atomic mass is 32.2. The number of hydrogen-bond acceptors (Lipinski definition) is 3. The van der Waals surface area contributed by atoms with Crippen LogP contribution in [0.5, 0.6) is 0 Å². The minimum absolute atomic E-state index is 0.0255. The number of aromatic amines is 1. The van der Waals surface area contributed by atoms with Gasteiger partial charge < -0.3 is 10.7 Å². The number of para-hydroxylation sites is 1. The zero-order valence-corrected chi connectivity index (χ0v) is 14.9. The number of fused-ring (bicyclic) bond motifs is 4. The van der Waals surface area contributed by atoms with Crippen LogP contribution in [-0.2, 0) is 15.3 Å². The lowest BCUT2D eigenvalue weighted by atomic mass is 9.74. The summed E-state index contributed by atoms with van der Waals surface area (Å²) in [5.41, 5.74) is 9.66. The summed E-state index contributed by atoms with van der Waals surface area (Å²) in [6.07, 6.45) is 2.64. The Hall–Kier alpha value is -1.07. The van der Waals surface area contributed by atoms with Crippen molar-refractivity contribution in [1.82, 2.24) is 4.98 Å². The maximum absolute atomic E-state index is 11.7. The van der Waals surface area contributed by atoms with E-state index in [-0.39, 0.29) is 9.99 Å². The number of rotatable bonds is 3. The molecule has 1 aliphatic heterocycles. The van der Waals surface area contributed by atoms with Crippen LogP contribution < -0.4 is 5.73 Å². The highest BCUT2D eigenvalue weighted by Gasteiger charge is 2.52. The maximum Gasteiger partial charge on any atom is 0.217 e. The molecule has 0 saturated carbocycles. The van der Waals surface area contributed by atoms with Crippen molar-refractivity contribution in [2.45, 2.75) is 30.3 Å². The minimum atomic E-state index is -0.166. The second-order valence-electron chi connectivity index (χ2n) is 6.54. The third kappa shape index (κ3) is 2.31. The number of nitrogens with two attached hydrogens (primary N) is 1. The van der Waals surface area contributed by atoms with Crippen LogP contribution in [-0.4, -0.2) is 22.4 Å². The van der Waals surface area contributed by atoms with Crippen molar-refractivity contribution in [1.29, 1.82) is 0 Å². The van der Waals surface area contributed by atoms with Crippen molar-refractivity contribution in [3.05, 3.63) is 35.5 Å². The first kappa shape index (κ1) is 15.5. The molecule has 3 nitrogen and oxygen atoms in total. The summed E-state index contributed by atoms with van der Waals surface area (Å²) >= 11 is 4.03. The molecule has 1 aromatic carbocycles. The zero-order chi connectivity index (χ0) is 16.0. The molecule has 5 heteroatoms. The number of hydrogen-bond donors (Lipinski definition) is 2. The molecule has 1 fully saturated rings. The fraction of sp³-hybridized carbons (Fsp3) is 0.500. The van der Waals surface area contributed by atoms with Crippen molar-refractivity contribution < 1.29 is 4.79 Å². The van der Waals surface area contributed by atoms with E-state index < -0.39 is 0 Å².